The topological polar surface area (TPSA) is 54.4 Å². The number of para-hydroxylation sites is 1. The first-order chi connectivity index (χ1) is 14.3. The number of nitrogens with one attached hydrogen (secondary N) is 1. The van der Waals surface area contributed by atoms with E-state index in [0.29, 0.717) is 12.8 Å². The van der Waals surface area contributed by atoms with Crippen LogP contribution in [0.2, 0.25) is 0 Å². The summed E-state index contributed by atoms with van der Waals surface area (Å²) in [6.07, 6.45) is 0.874. The van der Waals surface area contributed by atoms with Crippen LogP contribution in [0.5, 0.6) is 0 Å². The lowest BCUT2D eigenvalue weighted by Gasteiger charge is -2.08. The van der Waals surface area contributed by atoms with Crippen molar-refractivity contribution in [2.75, 3.05) is 7.11 Å². The Kier molecular flexibility index (Phi) is 5.52. The molecule has 4 nitrogen and oxygen atoms in total. The quantitative estimate of drug-likeness (QED) is 0.356. The van der Waals surface area contributed by atoms with E-state index in [1.165, 1.54) is 7.11 Å². The average Bonchev–Trinajstić information content (AvgIpc) is 3.14. The number of esters is 1. The van der Waals surface area contributed by atoms with Gasteiger partial charge in [0.05, 0.1) is 12.8 Å². The molecule has 29 heavy (non-hydrogen) atoms. The molecular formula is C25H22N2O2. The van der Waals surface area contributed by atoms with E-state index in [1.54, 1.807) is 0 Å². The maximum atomic E-state index is 11.8. The van der Waals surface area contributed by atoms with E-state index in [-0.39, 0.29) is 5.97 Å². The third-order valence-electron chi connectivity index (χ3n) is 4.92. The monoisotopic (exact) mass is 382 g/mol. The van der Waals surface area contributed by atoms with Crippen molar-refractivity contribution in [3.8, 4) is 0 Å². The number of methoxy groups -OCH3 is 1. The van der Waals surface area contributed by atoms with Gasteiger partial charge in [-0.25, -0.2) is 4.99 Å². The molecule has 0 aliphatic rings. The number of fused-ring (bicyclic) bond motifs is 1. The van der Waals surface area contributed by atoms with Crippen molar-refractivity contribution < 1.29 is 9.53 Å². The van der Waals surface area contributed by atoms with Crippen molar-refractivity contribution in [1.82, 2.24) is 4.98 Å². The fourth-order valence-electron chi connectivity index (χ4n) is 3.46. The zero-order chi connectivity index (χ0) is 20.1. The minimum Gasteiger partial charge on any atom is -0.469 e. The Morgan fingerprint density at radius 1 is 0.862 bits per heavy atom. The van der Waals surface area contributed by atoms with Crippen LogP contribution in [0.15, 0.2) is 89.9 Å². The molecule has 1 N–H and O–H groups in total. The second kappa shape index (κ2) is 8.57. The number of benzene rings is 3. The zero-order valence-corrected chi connectivity index (χ0v) is 16.3. The number of aromatic amines is 1. The molecular weight excluding hydrogens is 360 g/mol. The van der Waals surface area contributed by atoms with Crippen LogP contribution in [0, 0.1) is 0 Å². The van der Waals surface area contributed by atoms with Gasteiger partial charge >= 0.3 is 5.97 Å². The lowest BCUT2D eigenvalue weighted by Crippen LogP contribution is -2.04. The molecule has 4 heteroatoms. The Hall–Kier alpha value is -3.66. The number of hydrogen-bond acceptors (Lipinski definition) is 3. The number of carbonyl (C=O) groups is 1. The lowest BCUT2D eigenvalue weighted by atomic mass is 10.0. The number of carbonyl (C=O) groups excluding carboxylic acids is 1. The van der Waals surface area contributed by atoms with E-state index in [9.17, 15) is 4.79 Å². The van der Waals surface area contributed by atoms with Gasteiger partial charge in [-0.2, -0.15) is 0 Å². The minimum absolute atomic E-state index is 0.225. The van der Waals surface area contributed by atoms with Crippen LogP contribution in [0.25, 0.3) is 10.9 Å². The predicted molar refractivity (Wildman–Crippen MR) is 117 cm³/mol. The number of hydrogen-bond donors (Lipinski definition) is 1. The van der Waals surface area contributed by atoms with Gasteiger partial charge in [-0.1, -0.05) is 78.9 Å². The molecule has 0 amide bonds. The van der Waals surface area contributed by atoms with Gasteiger partial charge in [0, 0.05) is 34.0 Å². The lowest BCUT2D eigenvalue weighted by molar-refractivity contribution is -0.140. The molecule has 0 atom stereocenters. The molecule has 1 heterocycles. The number of ether oxygens (including phenoxy) is 1. The van der Waals surface area contributed by atoms with Crippen LogP contribution in [0.1, 0.15) is 23.1 Å². The van der Waals surface area contributed by atoms with Gasteiger partial charge < -0.3 is 9.72 Å². The maximum Gasteiger partial charge on any atom is 0.305 e. The smallest absolute Gasteiger partial charge is 0.305 e. The molecule has 0 aliphatic heterocycles. The second-order valence-electron chi connectivity index (χ2n) is 6.77. The number of nitrogens with zero attached hydrogens (tertiary/aromatic N) is 1. The first kappa shape index (κ1) is 18.7. The van der Waals surface area contributed by atoms with Crippen LogP contribution in [0.4, 0.5) is 5.82 Å². The molecule has 0 fully saturated rings. The highest BCUT2D eigenvalue weighted by molar-refractivity contribution is 6.14. The SMILES string of the molecule is COC(=O)CCc1c(N=C(c2ccccc2)c2ccccc2)[nH]c2ccccc12. The highest BCUT2D eigenvalue weighted by atomic mass is 16.5. The van der Waals surface area contributed by atoms with Crippen molar-refractivity contribution in [2.24, 2.45) is 4.99 Å². The van der Waals surface area contributed by atoms with Crippen molar-refractivity contribution in [3.63, 3.8) is 0 Å². The van der Waals surface area contributed by atoms with Gasteiger partial charge in [0.2, 0.25) is 0 Å². The van der Waals surface area contributed by atoms with Crippen LogP contribution in [-0.2, 0) is 16.0 Å². The minimum atomic E-state index is -0.225. The first-order valence-corrected chi connectivity index (χ1v) is 9.62. The molecule has 4 aromatic rings. The Balaban J connectivity index is 1.86. The summed E-state index contributed by atoms with van der Waals surface area (Å²) in [7, 11) is 1.42. The van der Waals surface area contributed by atoms with Crippen molar-refractivity contribution >= 4 is 28.4 Å². The third-order valence-corrected chi connectivity index (χ3v) is 4.92. The fraction of sp³-hybridized carbons (Fsp3) is 0.120. The highest BCUT2D eigenvalue weighted by Crippen LogP contribution is 2.31. The summed E-state index contributed by atoms with van der Waals surface area (Å²) in [5.74, 6) is 0.550. The van der Waals surface area contributed by atoms with E-state index >= 15 is 0 Å². The average molecular weight is 382 g/mol. The number of H-pyrrole nitrogens is 1. The standard InChI is InChI=1S/C25H22N2O2/c1-29-23(28)17-16-21-20-14-8-9-15-22(20)26-25(21)27-24(18-10-4-2-5-11-18)19-12-6-3-7-13-19/h2-15,26H,16-17H2,1H3. The van der Waals surface area contributed by atoms with Crippen LogP contribution < -0.4 is 0 Å². The van der Waals surface area contributed by atoms with Crippen molar-refractivity contribution in [1.29, 1.82) is 0 Å². The third kappa shape index (κ3) is 4.11. The molecule has 4 rings (SSSR count). The normalized spacial score (nSPS) is 10.7. The van der Waals surface area contributed by atoms with Gasteiger partial charge in [-0.05, 0) is 12.5 Å². The molecule has 0 bridgehead atoms. The fourth-order valence-corrected chi connectivity index (χ4v) is 3.46. The number of aliphatic imine (C=N–C) groups is 1. The summed E-state index contributed by atoms with van der Waals surface area (Å²) in [4.78, 5) is 20.2. The summed E-state index contributed by atoms with van der Waals surface area (Å²) >= 11 is 0. The van der Waals surface area contributed by atoms with Crippen LogP contribution in [0.3, 0.4) is 0 Å². The molecule has 0 unspecified atom stereocenters. The summed E-state index contributed by atoms with van der Waals surface area (Å²) in [6, 6.07) is 28.3. The molecule has 0 aliphatic carbocycles. The molecule has 3 aromatic carbocycles. The summed E-state index contributed by atoms with van der Waals surface area (Å²) in [5.41, 5.74) is 4.99. The largest absolute Gasteiger partial charge is 0.469 e. The molecule has 1 aromatic heterocycles. The van der Waals surface area contributed by atoms with E-state index in [4.69, 9.17) is 9.73 Å². The number of aryl methyl sites for hydroxylation is 1. The molecule has 0 saturated carbocycles. The Morgan fingerprint density at radius 2 is 1.45 bits per heavy atom. The van der Waals surface area contributed by atoms with E-state index in [1.807, 2.05) is 54.6 Å². The Morgan fingerprint density at radius 3 is 2.07 bits per heavy atom. The van der Waals surface area contributed by atoms with Gasteiger partial charge in [0.1, 0.15) is 5.82 Å². The molecule has 0 radical (unpaired) electrons. The van der Waals surface area contributed by atoms with E-state index < -0.39 is 0 Å². The summed E-state index contributed by atoms with van der Waals surface area (Å²) in [6.45, 7) is 0. The number of rotatable bonds is 6. The maximum absolute atomic E-state index is 11.8. The molecule has 0 spiro atoms. The summed E-state index contributed by atoms with van der Waals surface area (Å²) < 4.78 is 4.84. The second-order valence-corrected chi connectivity index (χ2v) is 6.77. The van der Waals surface area contributed by atoms with Gasteiger partial charge in [-0.3, -0.25) is 4.79 Å². The molecule has 144 valence electrons. The summed E-state index contributed by atoms with van der Waals surface area (Å²) in [5, 5.41) is 1.08. The van der Waals surface area contributed by atoms with E-state index in [2.05, 4.69) is 35.3 Å². The van der Waals surface area contributed by atoms with Gasteiger partial charge in [0.15, 0.2) is 0 Å². The van der Waals surface area contributed by atoms with E-state index in [0.717, 1.165) is 39.1 Å². The van der Waals surface area contributed by atoms with Crippen LogP contribution >= 0.6 is 0 Å². The Bertz CT molecular complexity index is 1100. The first-order valence-electron chi connectivity index (χ1n) is 9.62. The van der Waals surface area contributed by atoms with Gasteiger partial charge in [0.25, 0.3) is 0 Å². The number of aromatic nitrogens is 1. The zero-order valence-electron chi connectivity index (χ0n) is 16.3. The Labute approximate surface area is 169 Å². The predicted octanol–water partition coefficient (Wildman–Crippen LogP) is 5.44. The van der Waals surface area contributed by atoms with Crippen molar-refractivity contribution in [2.45, 2.75) is 12.8 Å². The highest BCUT2D eigenvalue weighted by Gasteiger charge is 2.15. The van der Waals surface area contributed by atoms with Gasteiger partial charge in [-0.15, -0.1) is 0 Å². The van der Waals surface area contributed by atoms with Crippen LogP contribution in [-0.4, -0.2) is 23.8 Å². The van der Waals surface area contributed by atoms with Crippen molar-refractivity contribution in [3.05, 3.63) is 102 Å². The molecule has 0 saturated heterocycles.